The zero-order valence-electron chi connectivity index (χ0n) is 20.0. The Hall–Kier alpha value is -2.79. The molecule has 4 heterocycles. The highest BCUT2D eigenvalue weighted by molar-refractivity contribution is 7.21. The maximum Gasteiger partial charge on any atom is 0.449 e. The van der Waals surface area contributed by atoms with Gasteiger partial charge in [-0.2, -0.15) is 13.2 Å². The smallest absolute Gasteiger partial charge is 0.338 e. The third-order valence-corrected chi connectivity index (χ3v) is 8.19. The van der Waals surface area contributed by atoms with Crippen molar-refractivity contribution in [2.75, 3.05) is 25.0 Å². The number of carbonyl (C=O) groups excluding carboxylic acids is 1. The van der Waals surface area contributed by atoms with Crippen LogP contribution in [0.3, 0.4) is 0 Å². The van der Waals surface area contributed by atoms with Crippen molar-refractivity contribution in [3.05, 3.63) is 52.1 Å². The zero-order valence-corrected chi connectivity index (χ0v) is 20.8. The number of anilines is 1. The van der Waals surface area contributed by atoms with Gasteiger partial charge in [0.25, 0.3) is 5.56 Å². The van der Waals surface area contributed by atoms with E-state index in [1.54, 1.807) is 0 Å². The van der Waals surface area contributed by atoms with Crippen LogP contribution in [0.15, 0.2) is 35.1 Å². The van der Waals surface area contributed by atoms with Gasteiger partial charge in [0.1, 0.15) is 0 Å². The Morgan fingerprint density at radius 1 is 1.11 bits per heavy atom. The molecule has 2 aliphatic rings. The SMILES string of the molecule is CN1CCC[C@H]1Cn1c(C(F)(F)F)nc2sc(N3CCC[C@@H]3C(=O)CCc3ccccc3)nc2c1=O. The van der Waals surface area contributed by atoms with Gasteiger partial charge in [0.15, 0.2) is 21.3 Å². The Balaban J connectivity index is 1.44. The molecule has 0 aliphatic carbocycles. The molecule has 2 saturated heterocycles. The van der Waals surface area contributed by atoms with E-state index >= 15 is 0 Å². The summed E-state index contributed by atoms with van der Waals surface area (Å²) in [5.74, 6) is -1.12. The van der Waals surface area contributed by atoms with E-state index in [4.69, 9.17) is 0 Å². The summed E-state index contributed by atoms with van der Waals surface area (Å²) in [5, 5.41) is 0.383. The van der Waals surface area contributed by atoms with Crippen LogP contribution in [-0.2, 0) is 23.9 Å². The van der Waals surface area contributed by atoms with Crippen LogP contribution in [0.2, 0.25) is 0 Å². The van der Waals surface area contributed by atoms with Crippen molar-refractivity contribution in [2.24, 2.45) is 0 Å². The molecule has 192 valence electrons. The molecular formula is C25H28F3N5O2S. The summed E-state index contributed by atoms with van der Waals surface area (Å²) in [5.41, 5.74) is 0.236. The summed E-state index contributed by atoms with van der Waals surface area (Å²) in [6.45, 7) is 1.27. The molecule has 11 heteroatoms. The summed E-state index contributed by atoms with van der Waals surface area (Å²) in [7, 11) is 1.85. The fourth-order valence-electron chi connectivity index (χ4n) is 5.24. The predicted octanol–water partition coefficient (Wildman–Crippen LogP) is 4.14. The van der Waals surface area contributed by atoms with E-state index in [1.165, 1.54) is 0 Å². The second-order valence-corrected chi connectivity index (χ2v) is 10.5. The summed E-state index contributed by atoms with van der Waals surface area (Å²) in [4.78, 5) is 38.4. The Kier molecular flexibility index (Phi) is 6.86. The van der Waals surface area contributed by atoms with Crippen molar-refractivity contribution in [3.63, 3.8) is 0 Å². The van der Waals surface area contributed by atoms with Crippen LogP contribution < -0.4 is 10.5 Å². The number of aryl methyl sites for hydroxylation is 1. The summed E-state index contributed by atoms with van der Waals surface area (Å²) in [6.07, 6.45) is -0.739. The topological polar surface area (TPSA) is 71.3 Å². The summed E-state index contributed by atoms with van der Waals surface area (Å²) >= 11 is 0.954. The highest BCUT2D eigenvalue weighted by Crippen LogP contribution is 2.35. The number of Topliss-reactive ketones (excluding diaryl/α,β-unsaturated/α-hetero) is 1. The van der Waals surface area contributed by atoms with Crippen molar-refractivity contribution in [3.8, 4) is 0 Å². The maximum absolute atomic E-state index is 13.9. The first-order valence-electron chi connectivity index (χ1n) is 12.2. The van der Waals surface area contributed by atoms with Crippen molar-refractivity contribution in [1.29, 1.82) is 0 Å². The largest absolute Gasteiger partial charge is 0.449 e. The molecule has 2 aliphatic heterocycles. The minimum Gasteiger partial charge on any atom is -0.338 e. The molecule has 1 aromatic carbocycles. The van der Waals surface area contributed by atoms with Crippen molar-refractivity contribution < 1.29 is 18.0 Å². The third kappa shape index (κ3) is 4.90. The van der Waals surface area contributed by atoms with E-state index in [0.717, 1.165) is 47.3 Å². The van der Waals surface area contributed by atoms with Gasteiger partial charge in [-0.15, -0.1) is 0 Å². The lowest BCUT2D eigenvalue weighted by Gasteiger charge is -2.22. The van der Waals surface area contributed by atoms with E-state index in [9.17, 15) is 22.8 Å². The molecule has 0 amide bonds. The van der Waals surface area contributed by atoms with E-state index in [1.807, 2.05) is 47.2 Å². The van der Waals surface area contributed by atoms with Crippen molar-refractivity contribution >= 4 is 32.6 Å². The van der Waals surface area contributed by atoms with E-state index in [-0.39, 0.29) is 28.7 Å². The predicted molar refractivity (Wildman–Crippen MR) is 132 cm³/mol. The van der Waals surface area contributed by atoms with Gasteiger partial charge >= 0.3 is 6.18 Å². The number of hydrogen-bond donors (Lipinski definition) is 0. The average Bonchev–Trinajstić information content (AvgIpc) is 3.59. The zero-order chi connectivity index (χ0) is 25.4. The maximum atomic E-state index is 13.9. The number of alkyl halides is 3. The number of hydrogen-bond acceptors (Lipinski definition) is 7. The Labute approximate surface area is 210 Å². The number of likely N-dealkylation sites (tertiary alicyclic amines) is 1. The van der Waals surface area contributed by atoms with Gasteiger partial charge in [-0.1, -0.05) is 41.7 Å². The molecule has 0 N–H and O–H groups in total. The number of nitrogens with zero attached hydrogens (tertiary/aromatic N) is 5. The Morgan fingerprint density at radius 3 is 2.56 bits per heavy atom. The molecule has 0 spiro atoms. The normalized spacial score (nSPS) is 21.1. The number of halogens is 3. The quantitative estimate of drug-likeness (QED) is 0.468. The van der Waals surface area contributed by atoms with Crippen LogP contribution >= 0.6 is 11.3 Å². The first-order chi connectivity index (χ1) is 17.2. The van der Waals surface area contributed by atoms with E-state index in [2.05, 4.69) is 9.97 Å². The van der Waals surface area contributed by atoms with Gasteiger partial charge in [-0.25, -0.2) is 9.97 Å². The van der Waals surface area contributed by atoms with Gasteiger partial charge in [0, 0.05) is 25.6 Å². The van der Waals surface area contributed by atoms with Gasteiger partial charge in [0.2, 0.25) is 5.82 Å². The highest BCUT2D eigenvalue weighted by Gasteiger charge is 2.40. The van der Waals surface area contributed by atoms with Crippen molar-refractivity contribution in [2.45, 2.75) is 63.3 Å². The fraction of sp³-hybridized carbons (Fsp3) is 0.520. The number of carbonyl (C=O) groups is 1. The molecule has 0 unspecified atom stereocenters. The number of rotatable bonds is 7. The number of benzene rings is 1. The lowest BCUT2D eigenvalue weighted by atomic mass is 10.0. The Morgan fingerprint density at radius 2 is 1.86 bits per heavy atom. The highest BCUT2D eigenvalue weighted by atomic mass is 32.1. The lowest BCUT2D eigenvalue weighted by molar-refractivity contribution is -0.148. The van der Waals surface area contributed by atoms with Crippen LogP contribution in [0.4, 0.5) is 18.3 Å². The molecule has 2 aromatic heterocycles. The standard InChI is InChI=1S/C25H28F3N5O2S/c1-31-13-5-9-17(31)15-33-22(35)20-21(30-23(33)25(26,27)28)36-24(29-20)32-14-6-10-18(32)19(34)12-11-16-7-3-2-4-8-16/h2-4,7-8,17-18H,5-6,9-15H2,1H3/t17-,18+/m0/s1. The number of likely N-dealkylation sites (N-methyl/N-ethyl adjacent to an activating group) is 1. The van der Waals surface area contributed by atoms with Crippen LogP contribution in [0.25, 0.3) is 10.3 Å². The average molecular weight is 520 g/mol. The summed E-state index contributed by atoms with van der Waals surface area (Å²) < 4.78 is 42.5. The first-order valence-corrected chi connectivity index (χ1v) is 13.1. The molecule has 3 aromatic rings. The summed E-state index contributed by atoms with van der Waals surface area (Å²) in [6, 6.07) is 9.19. The molecular weight excluding hydrogens is 491 g/mol. The molecule has 0 bridgehead atoms. The van der Waals surface area contributed by atoms with Crippen LogP contribution in [0, 0.1) is 0 Å². The number of aromatic nitrogens is 3. The Bertz CT molecular complexity index is 1310. The molecule has 0 radical (unpaired) electrons. The first kappa shape index (κ1) is 24.9. The molecule has 2 fully saturated rings. The van der Waals surface area contributed by atoms with Gasteiger partial charge in [0.05, 0.1) is 6.04 Å². The van der Waals surface area contributed by atoms with Gasteiger partial charge in [-0.3, -0.25) is 14.2 Å². The number of fused-ring (bicyclic) bond motifs is 1. The van der Waals surface area contributed by atoms with Crippen LogP contribution in [0.5, 0.6) is 0 Å². The second-order valence-electron chi connectivity index (χ2n) is 9.58. The molecule has 0 saturated carbocycles. The third-order valence-electron chi connectivity index (χ3n) is 7.20. The monoisotopic (exact) mass is 519 g/mol. The van der Waals surface area contributed by atoms with E-state index < -0.39 is 23.6 Å². The van der Waals surface area contributed by atoms with Crippen LogP contribution in [-0.4, -0.2) is 57.4 Å². The molecule has 2 atom stereocenters. The fourth-order valence-corrected chi connectivity index (χ4v) is 6.24. The number of ketones is 1. The second kappa shape index (κ2) is 9.93. The lowest BCUT2D eigenvalue weighted by Crippen LogP contribution is -2.38. The minimum absolute atomic E-state index is 0.0410. The van der Waals surface area contributed by atoms with Crippen LogP contribution in [0.1, 0.15) is 43.5 Å². The molecule has 5 rings (SSSR count). The van der Waals surface area contributed by atoms with Gasteiger partial charge < -0.3 is 9.80 Å². The van der Waals surface area contributed by atoms with Crippen molar-refractivity contribution in [1.82, 2.24) is 19.4 Å². The minimum atomic E-state index is -4.77. The molecule has 7 nitrogen and oxygen atoms in total. The molecule has 36 heavy (non-hydrogen) atoms. The van der Waals surface area contributed by atoms with E-state index in [0.29, 0.717) is 30.9 Å². The number of thiazole rings is 1. The van der Waals surface area contributed by atoms with Gasteiger partial charge in [-0.05, 0) is 51.3 Å².